The standard InChI is InChI=1S/C33H52O6/c1-28(2)13-14-32(19-35)21(16-28)20-15-22(36)27-31-9-5-6-10-33(27,29(20,3)17-25(32)38)12-7-23(31)30(4,26(39)18-34)24(37)8-11-31/h15,21,23-27,34-35,37-39H,5-14,16-19H2,1-4H3/t21-,23-,24+,25+,26-,27-,29-,30+,31+,32-,33-/m1/s1. The lowest BCUT2D eigenvalue weighted by Gasteiger charge is -2.72. The quantitative estimate of drug-likeness (QED) is 0.364. The molecule has 5 fully saturated rings. The molecule has 0 aromatic rings. The Kier molecular flexibility index (Phi) is 6.44. The van der Waals surface area contributed by atoms with Crippen LogP contribution in [0.5, 0.6) is 0 Å². The molecule has 0 aliphatic heterocycles. The fraction of sp³-hybridized carbons (Fsp3) is 0.909. The monoisotopic (exact) mass is 544 g/mol. The first kappa shape index (κ1) is 28.3. The summed E-state index contributed by atoms with van der Waals surface area (Å²) < 4.78 is 0. The SMILES string of the molecule is CC1(C)CC[C@@]2(CO)[C@H](C1)C1=CC(=O)[C@@H]3[C@]45CCCC[C@]3(CC[C@@H]4[C@](C)([C@H](O)CO)[C@@H](O)CC5)[C@]1(C)C[C@@H]2O. The normalized spacial score (nSPS) is 53.3. The van der Waals surface area contributed by atoms with Crippen LogP contribution < -0.4 is 0 Å². The molecule has 0 unspecified atom stereocenters. The first-order chi connectivity index (χ1) is 18.3. The summed E-state index contributed by atoms with van der Waals surface area (Å²) in [7, 11) is 0. The lowest BCUT2D eigenvalue weighted by molar-refractivity contribution is -0.244. The van der Waals surface area contributed by atoms with Crippen LogP contribution in [0.15, 0.2) is 11.6 Å². The van der Waals surface area contributed by atoms with Crippen LogP contribution in [-0.2, 0) is 4.79 Å². The Bertz CT molecular complexity index is 1050. The molecular weight excluding hydrogens is 492 g/mol. The Hall–Kier alpha value is -0.790. The average Bonchev–Trinajstić information content (AvgIpc) is 3.00. The topological polar surface area (TPSA) is 118 Å². The molecule has 11 atom stereocenters. The predicted molar refractivity (Wildman–Crippen MR) is 148 cm³/mol. The maximum atomic E-state index is 14.7. The number of fused-ring (bicyclic) bond motifs is 3. The second-order valence-corrected chi connectivity index (χ2v) is 16.1. The maximum Gasteiger partial charge on any atom is 0.159 e. The predicted octanol–water partition coefficient (Wildman–Crippen LogP) is 4.16. The lowest BCUT2D eigenvalue weighted by atomic mass is 9.31. The van der Waals surface area contributed by atoms with Crippen molar-refractivity contribution in [1.82, 2.24) is 0 Å². The Morgan fingerprint density at radius 2 is 1.62 bits per heavy atom. The molecule has 1 spiro atoms. The van der Waals surface area contributed by atoms with E-state index >= 15 is 0 Å². The van der Waals surface area contributed by atoms with Crippen LogP contribution in [0.25, 0.3) is 0 Å². The summed E-state index contributed by atoms with van der Waals surface area (Å²) in [6.07, 6.45) is 9.71. The van der Waals surface area contributed by atoms with Gasteiger partial charge in [0.15, 0.2) is 5.78 Å². The van der Waals surface area contributed by atoms with Crippen molar-refractivity contribution < 1.29 is 30.3 Å². The molecule has 5 saturated carbocycles. The van der Waals surface area contributed by atoms with E-state index in [9.17, 15) is 30.3 Å². The number of carbonyl (C=O) groups excluding carboxylic acids is 1. The van der Waals surface area contributed by atoms with Gasteiger partial charge in [0.1, 0.15) is 0 Å². The molecule has 220 valence electrons. The first-order valence-electron chi connectivity index (χ1n) is 15.8. The van der Waals surface area contributed by atoms with Crippen molar-refractivity contribution in [3.8, 4) is 0 Å². The Morgan fingerprint density at radius 3 is 2.31 bits per heavy atom. The van der Waals surface area contributed by atoms with E-state index in [1.807, 2.05) is 13.0 Å². The van der Waals surface area contributed by atoms with Gasteiger partial charge in [-0.05, 0) is 104 Å². The van der Waals surface area contributed by atoms with Crippen molar-refractivity contribution in [1.29, 1.82) is 0 Å². The van der Waals surface area contributed by atoms with Crippen LogP contribution in [-0.4, -0.2) is 62.8 Å². The molecule has 0 aromatic carbocycles. The lowest BCUT2D eigenvalue weighted by Crippen LogP contribution is -2.70. The minimum absolute atomic E-state index is 0.00847. The third-order valence-corrected chi connectivity index (χ3v) is 14.4. The summed E-state index contributed by atoms with van der Waals surface area (Å²) in [6.45, 7) is 8.41. The van der Waals surface area contributed by atoms with Gasteiger partial charge in [-0.15, -0.1) is 0 Å². The molecule has 2 bridgehead atoms. The molecule has 6 nitrogen and oxygen atoms in total. The van der Waals surface area contributed by atoms with Crippen molar-refractivity contribution in [2.24, 2.45) is 50.2 Å². The molecule has 6 aliphatic carbocycles. The third-order valence-electron chi connectivity index (χ3n) is 14.4. The van der Waals surface area contributed by atoms with E-state index in [0.717, 1.165) is 64.2 Å². The average molecular weight is 545 g/mol. The zero-order valence-corrected chi connectivity index (χ0v) is 24.6. The van der Waals surface area contributed by atoms with Gasteiger partial charge in [0, 0.05) is 16.7 Å². The fourth-order valence-electron chi connectivity index (χ4n) is 12.3. The van der Waals surface area contributed by atoms with Gasteiger partial charge in [-0.25, -0.2) is 0 Å². The number of hydrogen-bond donors (Lipinski definition) is 5. The molecule has 0 amide bonds. The van der Waals surface area contributed by atoms with Gasteiger partial charge >= 0.3 is 0 Å². The Balaban J connectivity index is 1.54. The molecule has 0 radical (unpaired) electrons. The highest BCUT2D eigenvalue weighted by molar-refractivity contribution is 5.96. The number of aliphatic hydroxyl groups excluding tert-OH is 5. The van der Waals surface area contributed by atoms with Crippen molar-refractivity contribution in [2.75, 3.05) is 13.2 Å². The number of carbonyl (C=O) groups is 1. The fourth-order valence-corrected chi connectivity index (χ4v) is 12.3. The summed E-state index contributed by atoms with van der Waals surface area (Å²) in [5.74, 6) is -0.0554. The van der Waals surface area contributed by atoms with Crippen LogP contribution in [0.4, 0.5) is 0 Å². The summed E-state index contributed by atoms with van der Waals surface area (Å²) >= 11 is 0. The van der Waals surface area contributed by atoms with Crippen molar-refractivity contribution in [3.63, 3.8) is 0 Å². The number of ketones is 1. The van der Waals surface area contributed by atoms with E-state index in [4.69, 9.17) is 0 Å². The zero-order valence-electron chi connectivity index (χ0n) is 24.6. The summed E-state index contributed by atoms with van der Waals surface area (Å²) in [4.78, 5) is 14.7. The second kappa shape index (κ2) is 8.86. The highest BCUT2D eigenvalue weighted by Crippen LogP contribution is 2.78. The molecule has 0 aromatic heterocycles. The molecule has 0 heterocycles. The zero-order chi connectivity index (χ0) is 28.2. The minimum atomic E-state index is -1.03. The molecule has 6 heteroatoms. The van der Waals surface area contributed by atoms with Crippen molar-refractivity contribution >= 4 is 5.78 Å². The van der Waals surface area contributed by atoms with E-state index in [1.165, 1.54) is 5.57 Å². The van der Waals surface area contributed by atoms with Crippen LogP contribution >= 0.6 is 0 Å². The summed E-state index contributed by atoms with van der Waals surface area (Å²) in [5.41, 5.74) is -1.11. The number of rotatable bonds is 3. The minimum Gasteiger partial charge on any atom is -0.396 e. The van der Waals surface area contributed by atoms with Crippen LogP contribution in [0.3, 0.4) is 0 Å². The molecule has 5 N–H and O–H groups in total. The van der Waals surface area contributed by atoms with E-state index in [0.29, 0.717) is 12.8 Å². The molecule has 6 rings (SSSR count). The second-order valence-electron chi connectivity index (χ2n) is 16.1. The summed E-state index contributed by atoms with van der Waals surface area (Å²) in [5, 5.41) is 55.2. The maximum absolute atomic E-state index is 14.7. The summed E-state index contributed by atoms with van der Waals surface area (Å²) in [6, 6.07) is 0. The number of allylic oxidation sites excluding steroid dienone is 2. The highest BCUT2D eigenvalue weighted by atomic mass is 16.3. The largest absolute Gasteiger partial charge is 0.396 e. The van der Waals surface area contributed by atoms with Gasteiger partial charge in [0.05, 0.1) is 31.5 Å². The molecular formula is C33H52O6. The van der Waals surface area contributed by atoms with Gasteiger partial charge in [-0.3, -0.25) is 4.79 Å². The van der Waals surface area contributed by atoms with Crippen LogP contribution in [0.1, 0.15) is 105 Å². The number of aliphatic hydroxyl groups is 5. The molecule has 6 aliphatic rings. The van der Waals surface area contributed by atoms with Crippen LogP contribution in [0, 0.1) is 50.2 Å². The Labute approximate surface area is 234 Å². The third kappa shape index (κ3) is 3.36. The molecule has 0 saturated heterocycles. The van der Waals surface area contributed by atoms with Gasteiger partial charge in [0.25, 0.3) is 0 Å². The van der Waals surface area contributed by atoms with Gasteiger partial charge in [-0.2, -0.15) is 0 Å². The smallest absolute Gasteiger partial charge is 0.159 e. The number of hydrogen-bond acceptors (Lipinski definition) is 6. The van der Waals surface area contributed by atoms with Crippen LogP contribution in [0.2, 0.25) is 0 Å². The van der Waals surface area contributed by atoms with Gasteiger partial charge < -0.3 is 25.5 Å². The van der Waals surface area contributed by atoms with E-state index in [-0.39, 0.29) is 51.8 Å². The highest BCUT2D eigenvalue weighted by Gasteiger charge is 2.74. The van der Waals surface area contributed by atoms with E-state index in [2.05, 4.69) is 20.8 Å². The van der Waals surface area contributed by atoms with Gasteiger partial charge in [-0.1, -0.05) is 46.1 Å². The van der Waals surface area contributed by atoms with Crippen molar-refractivity contribution in [3.05, 3.63) is 11.6 Å². The first-order valence-corrected chi connectivity index (χ1v) is 15.8. The van der Waals surface area contributed by atoms with Crippen molar-refractivity contribution in [2.45, 2.75) is 123 Å². The van der Waals surface area contributed by atoms with Gasteiger partial charge in [0.2, 0.25) is 0 Å². The Morgan fingerprint density at radius 1 is 0.897 bits per heavy atom. The van der Waals surface area contributed by atoms with E-state index in [1.54, 1.807) is 0 Å². The van der Waals surface area contributed by atoms with E-state index < -0.39 is 35.7 Å². The molecule has 39 heavy (non-hydrogen) atoms.